The van der Waals surface area contributed by atoms with Crippen LogP contribution in [-0.4, -0.2) is 11.6 Å². The first kappa shape index (κ1) is 11.9. The average Bonchev–Trinajstić information content (AvgIpc) is 3.10. The van der Waals surface area contributed by atoms with Crippen LogP contribution in [0.15, 0.2) is 16.5 Å². The van der Waals surface area contributed by atoms with Gasteiger partial charge < -0.3 is 0 Å². The molecule has 0 radical (unpaired) electrons. The molecule has 0 saturated heterocycles. The molecule has 4 heteroatoms. The molecule has 3 nitrogen and oxygen atoms in total. The number of nitrogens with one attached hydrogen (secondary N) is 1. The number of carbonyl (C=O) groups excluding carboxylic acids is 1. The van der Waals surface area contributed by atoms with Crippen LogP contribution in [0.5, 0.6) is 0 Å². The number of carbonyl (C=O) groups is 1. The second kappa shape index (κ2) is 4.84. The van der Waals surface area contributed by atoms with E-state index in [4.69, 9.17) is 0 Å². The molecule has 1 aromatic rings. The molecule has 2 saturated carbocycles. The summed E-state index contributed by atoms with van der Waals surface area (Å²) in [6, 6.07) is 1.96. The molecular weight excluding hydrogens is 244 g/mol. The van der Waals surface area contributed by atoms with E-state index in [1.54, 1.807) is 11.3 Å². The van der Waals surface area contributed by atoms with E-state index in [1.165, 1.54) is 29.9 Å². The molecule has 2 aliphatic carbocycles. The Bertz CT molecular complexity index is 492. The first-order valence-electron chi connectivity index (χ1n) is 6.70. The summed E-state index contributed by atoms with van der Waals surface area (Å²) in [4.78, 5) is 13.2. The number of thiophene rings is 1. The number of amides is 1. The molecule has 3 rings (SSSR count). The van der Waals surface area contributed by atoms with Crippen molar-refractivity contribution in [3.8, 4) is 0 Å². The molecule has 1 N–H and O–H groups in total. The number of nitrogens with zero attached hydrogens (tertiary/aromatic N) is 1. The summed E-state index contributed by atoms with van der Waals surface area (Å²) in [5.74, 6) is 1.41. The fourth-order valence-electron chi connectivity index (χ4n) is 3.03. The second-order valence-electron chi connectivity index (χ2n) is 5.28. The third-order valence-electron chi connectivity index (χ3n) is 4.08. The van der Waals surface area contributed by atoms with Crippen LogP contribution in [0.3, 0.4) is 0 Å². The maximum atomic E-state index is 11.9. The summed E-state index contributed by atoms with van der Waals surface area (Å²) in [5, 5.41) is 6.25. The lowest BCUT2D eigenvalue weighted by Gasteiger charge is -2.11. The molecule has 0 aliphatic heterocycles. The van der Waals surface area contributed by atoms with E-state index in [9.17, 15) is 4.79 Å². The largest absolute Gasteiger partial charge is 0.272 e. The van der Waals surface area contributed by atoms with Crippen LogP contribution in [-0.2, 0) is 6.42 Å². The van der Waals surface area contributed by atoms with E-state index < -0.39 is 0 Å². The SMILES string of the molecule is CCc1cc(C(=O)N/N=C2/CC3CCC2C3)cs1. The van der Waals surface area contributed by atoms with Crippen LogP contribution in [0, 0.1) is 11.8 Å². The van der Waals surface area contributed by atoms with Crippen molar-refractivity contribution in [3.63, 3.8) is 0 Å². The predicted octanol–water partition coefficient (Wildman–Crippen LogP) is 3.22. The minimum Gasteiger partial charge on any atom is -0.267 e. The summed E-state index contributed by atoms with van der Waals surface area (Å²) in [5.41, 5.74) is 4.67. The molecule has 96 valence electrons. The van der Waals surface area contributed by atoms with Crippen molar-refractivity contribution in [1.29, 1.82) is 0 Å². The summed E-state index contributed by atoms with van der Waals surface area (Å²) in [6.45, 7) is 2.10. The van der Waals surface area contributed by atoms with Gasteiger partial charge in [0.05, 0.1) is 5.56 Å². The smallest absolute Gasteiger partial charge is 0.267 e. The Morgan fingerprint density at radius 1 is 1.56 bits per heavy atom. The van der Waals surface area contributed by atoms with Crippen LogP contribution in [0.25, 0.3) is 0 Å². The van der Waals surface area contributed by atoms with Gasteiger partial charge in [-0.25, -0.2) is 5.43 Å². The maximum Gasteiger partial charge on any atom is 0.272 e. The van der Waals surface area contributed by atoms with Gasteiger partial charge in [-0.3, -0.25) is 4.79 Å². The van der Waals surface area contributed by atoms with Crippen molar-refractivity contribution in [2.75, 3.05) is 0 Å². The zero-order valence-electron chi connectivity index (χ0n) is 10.6. The minimum absolute atomic E-state index is 0.0683. The zero-order valence-corrected chi connectivity index (χ0v) is 11.4. The average molecular weight is 262 g/mol. The predicted molar refractivity (Wildman–Crippen MR) is 74.0 cm³/mol. The van der Waals surface area contributed by atoms with Gasteiger partial charge in [-0.15, -0.1) is 11.3 Å². The van der Waals surface area contributed by atoms with Crippen LogP contribution in [0.4, 0.5) is 0 Å². The number of hydrazone groups is 1. The maximum absolute atomic E-state index is 11.9. The molecule has 1 heterocycles. The van der Waals surface area contributed by atoms with Crippen LogP contribution in [0.1, 0.15) is 47.8 Å². The fourth-order valence-corrected chi connectivity index (χ4v) is 3.85. The van der Waals surface area contributed by atoms with E-state index in [0.717, 1.165) is 24.3 Å². The number of fused-ring (bicyclic) bond motifs is 2. The van der Waals surface area contributed by atoms with Crippen LogP contribution >= 0.6 is 11.3 Å². The lowest BCUT2D eigenvalue weighted by atomic mass is 9.99. The van der Waals surface area contributed by atoms with Crippen molar-refractivity contribution in [3.05, 3.63) is 21.9 Å². The number of aryl methyl sites for hydroxylation is 1. The highest BCUT2D eigenvalue weighted by Gasteiger charge is 2.36. The Labute approximate surface area is 111 Å². The van der Waals surface area contributed by atoms with Gasteiger partial charge in [0, 0.05) is 16.0 Å². The van der Waals surface area contributed by atoms with Crippen molar-refractivity contribution in [2.24, 2.45) is 16.9 Å². The van der Waals surface area contributed by atoms with Gasteiger partial charge in [0.1, 0.15) is 0 Å². The molecule has 1 aromatic heterocycles. The van der Waals surface area contributed by atoms with Gasteiger partial charge >= 0.3 is 0 Å². The summed E-state index contributed by atoms with van der Waals surface area (Å²) < 4.78 is 0. The van der Waals surface area contributed by atoms with Gasteiger partial charge in [-0.05, 0) is 50.0 Å². The topological polar surface area (TPSA) is 41.5 Å². The molecule has 2 unspecified atom stereocenters. The lowest BCUT2D eigenvalue weighted by Crippen LogP contribution is -2.21. The van der Waals surface area contributed by atoms with E-state index in [1.807, 2.05) is 11.4 Å². The van der Waals surface area contributed by atoms with Gasteiger partial charge in [0.25, 0.3) is 5.91 Å². The standard InChI is InChI=1S/C14H18N2OS/c1-2-12-7-11(8-18-12)14(17)16-15-13-6-9-3-4-10(13)5-9/h7-10H,2-6H2,1H3,(H,16,17)/b15-13-. The van der Waals surface area contributed by atoms with Crippen molar-refractivity contribution >= 4 is 23.0 Å². The van der Waals surface area contributed by atoms with E-state index in [-0.39, 0.29) is 5.91 Å². The molecule has 2 aliphatic rings. The monoisotopic (exact) mass is 262 g/mol. The molecule has 0 aromatic carbocycles. The Morgan fingerprint density at radius 3 is 3.06 bits per heavy atom. The quantitative estimate of drug-likeness (QED) is 0.835. The number of rotatable bonds is 3. The molecule has 1 amide bonds. The third kappa shape index (κ3) is 2.21. The highest BCUT2D eigenvalue weighted by molar-refractivity contribution is 7.10. The summed E-state index contributed by atoms with van der Waals surface area (Å²) in [7, 11) is 0. The van der Waals surface area contributed by atoms with Crippen molar-refractivity contribution < 1.29 is 4.79 Å². The molecular formula is C14H18N2OS. The lowest BCUT2D eigenvalue weighted by molar-refractivity contribution is 0.0955. The van der Waals surface area contributed by atoms with E-state index >= 15 is 0 Å². The van der Waals surface area contributed by atoms with E-state index in [0.29, 0.717) is 5.92 Å². The Balaban J connectivity index is 1.63. The highest BCUT2D eigenvalue weighted by Crippen LogP contribution is 2.42. The first-order chi connectivity index (χ1) is 8.76. The molecule has 2 bridgehead atoms. The van der Waals surface area contributed by atoms with Gasteiger partial charge in [0.15, 0.2) is 0 Å². The van der Waals surface area contributed by atoms with Crippen molar-refractivity contribution in [2.45, 2.75) is 39.0 Å². The summed E-state index contributed by atoms with van der Waals surface area (Å²) in [6.07, 6.45) is 5.97. The Hall–Kier alpha value is -1.16. The third-order valence-corrected chi connectivity index (χ3v) is 5.16. The van der Waals surface area contributed by atoms with Crippen LogP contribution < -0.4 is 5.43 Å². The Kier molecular flexibility index (Phi) is 3.20. The normalized spacial score (nSPS) is 27.9. The molecule has 0 spiro atoms. The van der Waals surface area contributed by atoms with Crippen molar-refractivity contribution in [1.82, 2.24) is 5.43 Å². The summed E-state index contributed by atoms with van der Waals surface area (Å²) >= 11 is 1.64. The van der Waals surface area contributed by atoms with E-state index in [2.05, 4.69) is 17.5 Å². The molecule has 18 heavy (non-hydrogen) atoms. The highest BCUT2D eigenvalue weighted by atomic mass is 32.1. The van der Waals surface area contributed by atoms with Gasteiger partial charge in [0.2, 0.25) is 0 Å². The van der Waals surface area contributed by atoms with Gasteiger partial charge in [-0.2, -0.15) is 5.10 Å². The van der Waals surface area contributed by atoms with Gasteiger partial charge in [-0.1, -0.05) is 6.92 Å². The zero-order chi connectivity index (χ0) is 12.5. The number of hydrogen-bond donors (Lipinski definition) is 1. The Morgan fingerprint density at radius 2 is 2.44 bits per heavy atom. The minimum atomic E-state index is -0.0683. The number of hydrogen-bond acceptors (Lipinski definition) is 3. The first-order valence-corrected chi connectivity index (χ1v) is 7.58. The fraction of sp³-hybridized carbons (Fsp3) is 0.571. The molecule has 2 fully saturated rings. The van der Waals surface area contributed by atoms with Crippen LogP contribution in [0.2, 0.25) is 0 Å². The molecule has 2 atom stereocenters. The second-order valence-corrected chi connectivity index (χ2v) is 6.28.